The van der Waals surface area contributed by atoms with E-state index in [0.717, 1.165) is 19.6 Å². The Kier molecular flexibility index (Phi) is 19.1. The van der Waals surface area contributed by atoms with Gasteiger partial charge in [-0.3, -0.25) is 14.5 Å². The molecule has 2 N–H and O–H groups in total. The normalized spacial score (nSPS) is 12.7. The lowest BCUT2D eigenvalue weighted by atomic mass is 10.2. The first-order valence-corrected chi connectivity index (χ1v) is 12.6. The van der Waals surface area contributed by atoms with Crippen molar-refractivity contribution >= 4 is 24.2 Å². The fourth-order valence-corrected chi connectivity index (χ4v) is 3.27. The van der Waals surface area contributed by atoms with Gasteiger partial charge in [-0.25, -0.2) is 9.59 Å². The van der Waals surface area contributed by atoms with Crippen LogP contribution >= 0.6 is 0 Å². The van der Waals surface area contributed by atoms with E-state index in [0.29, 0.717) is 45.3 Å². The summed E-state index contributed by atoms with van der Waals surface area (Å²) in [5.74, 6) is -1.78. The SMILES string of the molecule is CCN(CC)CCN(CCOC(=O)OC(C)CCCC(=O)O)CCOC(=O)OC(C)CCCC(=O)O. The van der Waals surface area contributed by atoms with Gasteiger partial charge in [0.05, 0.1) is 0 Å². The summed E-state index contributed by atoms with van der Waals surface area (Å²) < 4.78 is 20.6. The average molecular weight is 521 g/mol. The number of carboxylic acids is 2. The van der Waals surface area contributed by atoms with Crippen molar-refractivity contribution < 1.29 is 48.3 Å². The number of carbonyl (C=O) groups is 4. The molecule has 12 heteroatoms. The lowest BCUT2D eigenvalue weighted by Crippen LogP contribution is -2.39. The van der Waals surface area contributed by atoms with E-state index >= 15 is 0 Å². The summed E-state index contributed by atoms with van der Waals surface area (Å²) >= 11 is 0. The number of carbonyl (C=O) groups excluding carboxylic acids is 2. The van der Waals surface area contributed by atoms with Gasteiger partial charge in [-0.1, -0.05) is 13.8 Å². The Labute approximate surface area is 213 Å². The lowest BCUT2D eigenvalue weighted by Gasteiger charge is -2.26. The Bertz CT molecular complexity index is 596. The molecule has 0 bridgehead atoms. The molecule has 0 aromatic rings. The smallest absolute Gasteiger partial charge is 0.481 e. The maximum Gasteiger partial charge on any atom is 0.508 e. The number of hydrogen-bond acceptors (Lipinski definition) is 10. The third-order valence-corrected chi connectivity index (χ3v) is 5.48. The highest BCUT2D eigenvalue weighted by Crippen LogP contribution is 2.07. The largest absolute Gasteiger partial charge is 0.508 e. The zero-order valence-electron chi connectivity index (χ0n) is 22.1. The van der Waals surface area contributed by atoms with Crippen LogP contribution in [0.1, 0.15) is 66.2 Å². The summed E-state index contributed by atoms with van der Waals surface area (Å²) in [6, 6.07) is 0. The second-order valence-electron chi connectivity index (χ2n) is 8.49. The van der Waals surface area contributed by atoms with Crippen molar-refractivity contribution in [2.45, 2.75) is 78.4 Å². The molecule has 0 amide bonds. The Morgan fingerprint density at radius 2 is 1.06 bits per heavy atom. The van der Waals surface area contributed by atoms with Gasteiger partial charge in [-0.2, -0.15) is 0 Å². The zero-order chi connectivity index (χ0) is 27.3. The monoisotopic (exact) mass is 520 g/mol. The van der Waals surface area contributed by atoms with Crippen molar-refractivity contribution in [1.29, 1.82) is 0 Å². The zero-order valence-corrected chi connectivity index (χ0v) is 22.1. The highest BCUT2D eigenvalue weighted by Gasteiger charge is 2.15. The molecule has 12 nitrogen and oxygen atoms in total. The molecule has 0 saturated heterocycles. The summed E-state index contributed by atoms with van der Waals surface area (Å²) in [5, 5.41) is 17.3. The molecule has 36 heavy (non-hydrogen) atoms. The van der Waals surface area contributed by atoms with Gasteiger partial charge in [0.25, 0.3) is 0 Å². The van der Waals surface area contributed by atoms with E-state index in [4.69, 9.17) is 29.2 Å². The maximum atomic E-state index is 11.9. The second kappa shape index (κ2) is 20.6. The first-order chi connectivity index (χ1) is 17.1. The predicted octanol–water partition coefficient (Wildman–Crippen LogP) is 3.22. The van der Waals surface area contributed by atoms with E-state index in [2.05, 4.69) is 18.7 Å². The van der Waals surface area contributed by atoms with Crippen LogP contribution in [0, 0.1) is 0 Å². The van der Waals surface area contributed by atoms with Crippen molar-refractivity contribution in [3.63, 3.8) is 0 Å². The number of carboxylic acid groups (broad SMARTS) is 2. The summed E-state index contributed by atoms with van der Waals surface area (Å²) in [7, 11) is 0. The fourth-order valence-electron chi connectivity index (χ4n) is 3.27. The van der Waals surface area contributed by atoms with Crippen molar-refractivity contribution in [1.82, 2.24) is 9.80 Å². The molecule has 0 heterocycles. The molecule has 0 fully saturated rings. The summed E-state index contributed by atoms with van der Waals surface area (Å²) in [6.07, 6.45) is -0.780. The molecule has 0 aliphatic rings. The van der Waals surface area contributed by atoms with Crippen molar-refractivity contribution in [3.8, 4) is 0 Å². The fraction of sp³-hybridized carbons (Fsp3) is 0.833. The minimum atomic E-state index is -0.892. The van der Waals surface area contributed by atoms with Gasteiger partial charge in [0.2, 0.25) is 0 Å². The molecule has 0 aliphatic heterocycles. The van der Waals surface area contributed by atoms with E-state index in [-0.39, 0.29) is 26.1 Å². The average Bonchev–Trinajstić information content (AvgIpc) is 2.78. The quantitative estimate of drug-likeness (QED) is 0.214. The minimum Gasteiger partial charge on any atom is -0.481 e. The van der Waals surface area contributed by atoms with Crippen LogP contribution in [0.3, 0.4) is 0 Å². The summed E-state index contributed by atoms with van der Waals surface area (Å²) in [4.78, 5) is 49.2. The van der Waals surface area contributed by atoms with Crippen LogP contribution in [0.15, 0.2) is 0 Å². The lowest BCUT2D eigenvalue weighted by molar-refractivity contribution is -0.138. The third kappa shape index (κ3) is 19.7. The molecular formula is C24H44N2O10. The van der Waals surface area contributed by atoms with E-state index in [1.807, 2.05) is 4.90 Å². The van der Waals surface area contributed by atoms with Gasteiger partial charge in [0, 0.05) is 39.0 Å². The second-order valence-corrected chi connectivity index (χ2v) is 8.49. The Morgan fingerprint density at radius 1 is 0.667 bits per heavy atom. The van der Waals surface area contributed by atoms with Crippen LogP contribution in [0.5, 0.6) is 0 Å². The number of rotatable bonds is 21. The minimum absolute atomic E-state index is 0.0174. The third-order valence-electron chi connectivity index (χ3n) is 5.48. The van der Waals surface area contributed by atoms with Crippen LogP contribution in [0.4, 0.5) is 9.59 Å². The van der Waals surface area contributed by atoms with E-state index in [1.54, 1.807) is 13.8 Å². The molecule has 0 radical (unpaired) electrons. The van der Waals surface area contributed by atoms with Crippen molar-refractivity contribution in [2.75, 3.05) is 52.5 Å². The molecule has 0 saturated carbocycles. The van der Waals surface area contributed by atoms with Gasteiger partial charge < -0.3 is 34.1 Å². The maximum absolute atomic E-state index is 11.9. The standard InChI is InChI=1S/C24H44N2O10/c1-5-25(6-2)13-14-26(15-17-33-23(31)35-19(3)9-7-11-21(27)28)16-18-34-24(32)36-20(4)10-8-12-22(29)30/h19-20H,5-18H2,1-4H3,(H,27,28)(H,29,30). The number of ether oxygens (including phenoxy) is 4. The van der Waals surface area contributed by atoms with Gasteiger partial charge in [-0.05, 0) is 52.6 Å². The van der Waals surface area contributed by atoms with Crippen LogP contribution in [-0.2, 0) is 28.5 Å². The molecule has 0 aliphatic carbocycles. The molecule has 2 unspecified atom stereocenters. The van der Waals surface area contributed by atoms with Crippen LogP contribution < -0.4 is 0 Å². The van der Waals surface area contributed by atoms with E-state index in [1.165, 1.54) is 0 Å². The topological polar surface area (TPSA) is 152 Å². The van der Waals surface area contributed by atoms with E-state index < -0.39 is 36.5 Å². The van der Waals surface area contributed by atoms with E-state index in [9.17, 15) is 19.2 Å². The number of nitrogens with zero attached hydrogens (tertiary/aromatic N) is 2. The molecule has 2 atom stereocenters. The molecule has 0 rings (SSSR count). The molecule has 0 spiro atoms. The first kappa shape index (κ1) is 33.4. The molecule has 0 aromatic carbocycles. The first-order valence-electron chi connectivity index (χ1n) is 12.6. The molecular weight excluding hydrogens is 476 g/mol. The highest BCUT2D eigenvalue weighted by molar-refractivity contribution is 5.66. The molecule has 210 valence electrons. The van der Waals surface area contributed by atoms with Gasteiger partial charge in [-0.15, -0.1) is 0 Å². The Balaban J connectivity index is 4.43. The summed E-state index contributed by atoms with van der Waals surface area (Å²) in [5.41, 5.74) is 0. The number of likely N-dealkylation sites (N-methyl/N-ethyl adjacent to an activating group) is 1. The Morgan fingerprint density at radius 3 is 1.42 bits per heavy atom. The van der Waals surface area contributed by atoms with Crippen LogP contribution in [0.25, 0.3) is 0 Å². The summed E-state index contributed by atoms with van der Waals surface area (Å²) in [6.45, 7) is 11.8. The van der Waals surface area contributed by atoms with Gasteiger partial charge >= 0.3 is 24.2 Å². The van der Waals surface area contributed by atoms with Gasteiger partial charge in [0.15, 0.2) is 0 Å². The van der Waals surface area contributed by atoms with Crippen LogP contribution in [0.2, 0.25) is 0 Å². The molecule has 0 aromatic heterocycles. The Hall–Kier alpha value is -2.60. The van der Waals surface area contributed by atoms with Crippen molar-refractivity contribution in [2.24, 2.45) is 0 Å². The van der Waals surface area contributed by atoms with Crippen LogP contribution in [-0.4, -0.2) is 109 Å². The van der Waals surface area contributed by atoms with Gasteiger partial charge in [0.1, 0.15) is 25.4 Å². The predicted molar refractivity (Wildman–Crippen MR) is 131 cm³/mol. The highest BCUT2D eigenvalue weighted by atomic mass is 16.7. The number of hydrogen-bond donors (Lipinski definition) is 2. The number of aliphatic carboxylic acids is 2. The van der Waals surface area contributed by atoms with Crippen molar-refractivity contribution in [3.05, 3.63) is 0 Å².